The summed E-state index contributed by atoms with van der Waals surface area (Å²) in [5, 5.41) is 3.20. The van der Waals surface area contributed by atoms with E-state index in [1.165, 1.54) is 4.88 Å². The van der Waals surface area contributed by atoms with Crippen molar-refractivity contribution in [3.05, 3.63) is 62.7 Å². The molecule has 3 aromatic rings. The highest BCUT2D eigenvalue weighted by molar-refractivity contribution is 7.09. The number of aromatic nitrogens is 1. The average molecular weight is 464 g/mol. The quantitative estimate of drug-likeness (QED) is 0.492. The minimum atomic E-state index is 0.150. The predicted octanol–water partition coefficient (Wildman–Crippen LogP) is 5.03. The summed E-state index contributed by atoms with van der Waals surface area (Å²) >= 11 is 14.0. The third-order valence-corrected chi connectivity index (χ3v) is 6.77. The first-order chi connectivity index (χ1) is 14.6. The van der Waals surface area contributed by atoms with Crippen molar-refractivity contribution in [2.75, 3.05) is 32.7 Å². The van der Waals surface area contributed by atoms with Crippen LogP contribution >= 0.6 is 34.5 Å². The van der Waals surface area contributed by atoms with Gasteiger partial charge in [0.25, 0.3) is 0 Å². The number of nitrogens with zero attached hydrogens (tertiary/aromatic N) is 3. The number of hydrogen-bond donors (Lipinski definition) is 0. The summed E-state index contributed by atoms with van der Waals surface area (Å²) in [4.78, 5) is 22.7. The van der Waals surface area contributed by atoms with Crippen LogP contribution in [-0.2, 0) is 17.6 Å². The second-order valence-corrected chi connectivity index (χ2v) is 9.17. The molecule has 8 heteroatoms. The molecule has 1 fully saturated rings. The number of oxazole rings is 1. The van der Waals surface area contributed by atoms with Crippen molar-refractivity contribution in [3.8, 4) is 11.3 Å². The molecule has 0 saturated carbocycles. The zero-order chi connectivity index (χ0) is 20.9. The van der Waals surface area contributed by atoms with E-state index in [0.29, 0.717) is 34.5 Å². The zero-order valence-electron chi connectivity index (χ0n) is 16.5. The molecule has 1 aliphatic rings. The van der Waals surface area contributed by atoms with Gasteiger partial charge < -0.3 is 9.32 Å². The van der Waals surface area contributed by atoms with Gasteiger partial charge in [-0.25, -0.2) is 4.98 Å². The summed E-state index contributed by atoms with van der Waals surface area (Å²) in [7, 11) is 0. The number of amides is 1. The standard InChI is InChI=1S/C22H23Cl2N3O2S/c23-16-3-4-18(19(24)14-16)20-15-25-21(29-20)5-6-22(28)27-11-9-26(10-12-27)8-7-17-2-1-13-30-17/h1-4,13-15H,5-12H2. The van der Waals surface area contributed by atoms with Crippen molar-refractivity contribution in [2.45, 2.75) is 19.3 Å². The summed E-state index contributed by atoms with van der Waals surface area (Å²) in [5.74, 6) is 1.27. The maximum absolute atomic E-state index is 12.6. The molecular weight excluding hydrogens is 441 g/mol. The van der Waals surface area contributed by atoms with E-state index in [0.717, 1.165) is 44.7 Å². The second-order valence-electron chi connectivity index (χ2n) is 7.29. The van der Waals surface area contributed by atoms with E-state index < -0.39 is 0 Å². The van der Waals surface area contributed by atoms with Crippen LogP contribution in [0.5, 0.6) is 0 Å². The number of aryl methyl sites for hydroxylation is 1. The molecule has 30 heavy (non-hydrogen) atoms. The van der Waals surface area contributed by atoms with Gasteiger partial charge >= 0.3 is 0 Å². The topological polar surface area (TPSA) is 49.6 Å². The molecule has 0 aliphatic carbocycles. The van der Waals surface area contributed by atoms with Crippen LogP contribution < -0.4 is 0 Å². The molecule has 0 bridgehead atoms. The Bertz CT molecular complexity index is 982. The van der Waals surface area contributed by atoms with Gasteiger partial charge in [-0.15, -0.1) is 11.3 Å². The summed E-state index contributed by atoms with van der Waals surface area (Å²) in [6, 6.07) is 9.51. The van der Waals surface area contributed by atoms with Crippen molar-refractivity contribution in [1.82, 2.24) is 14.8 Å². The summed E-state index contributed by atoms with van der Waals surface area (Å²) in [5.41, 5.74) is 0.741. The maximum atomic E-state index is 12.6. The molecule has 0 spiro atoms. The third kappa shape index (κ3) is 5.43. The van der Waals surface area contributed by atoms with E-state index in [1.807, 2.05) is 4.90 Å². The Morgan fingerprint density at radius 3 is 2.70 bits per heavy atom. The zero-order valence-corrected chi connectivity index (χ0v) is 18.8. The van der Waals surface area contributed by atoms with E-state index in [4.69, 9.17) is 27.6 Å². The van der Waals surface area contributed by atoms with Crippen molar-refractivity contribution >= 4 is 40.4 Å². The number of halogens is 2. The lowest BCUT2D eigenvalue weighted by Gasteiger charge is -2.34. The molecule has 0 atom stereocenters. The molecule has 0 N–H and O–H groups in total. The molecule has 1 amide bonds. The Morgan fingerprint density at radius 1 is 1.13 bits per heavy atom. The lowest BCUT2D eigenvalue weighted by Crippen LogP contribution is -2.49. The molecule has 5 nitrogen and oxygen atoms in total. The molecule has 1 aromatic carbocycles. The molecule has 0 radical (unpaired) electrons. The Kier molecular flexibility index (Phi) is 7.10. The van der Waals surface area contributed by atoms with Crippen LogP contribution in [0.3, 0.4) is 0 Å². The highest BCUT2D eigenvalue weighted by Gasteiger charge is 2.21. The van der Waals surface area contributed by atoms with Gasteiger partial charge in [0.1, 0.15) is 0 Å². The van der Waals surface area contributed by atoms with Crippen molar-refractivity contribution in [3.63, 3.8) is 0 Å². The first kappa shape index (κ1) is 21.4. The Morgan fingerprint density at radius 2 is 1.97 bits per heavy atom. The fourth-order valence-corrected chi connectivity index (χ4v) is 4.76. The van der Waals surface area contributed by atoms with Crippen LogP contribution in [0.2, 0.25) is 10.0 Å². The normalized spacial score (nSPS) is 14.9. The number of carbonyl (C=O) groups is 1. The molecule has 4 rings (SSSR count). The van der Waals surface area contributed by atoms with Crippen molar-refractivity contribution in [1.29, 1.82) is 0 Å². The van der Waals surface area contributed by atoms with E-state index in [-0.39, 0.29) is 5.91 Å². The first-order valence-corrected chi connectivity index (χ1v) is 11.6. The minimum Gasteiger partial charge on any atom is -0.441 e. The monoisotopic (exact) mass is 463 g/mol. The van der Waals surface area contributed by atoms with E-state index in [9.17, 15) is 4.79 Å². The lowest BCUT2D eigenvalue weighted by atomic mass is 10.2. The molecule has 158 valence electrons. The lowest BCUT2D eigenvalue weighted by molar-refractivity contribution is -0.133. The van der Waals surface area contributed by atoms with Crippen LogP contribution in [0.1, 0.15) is 17.2 Å². The van der Waals surface area contributed by atoms with Gasteiger partial charge in [-0.1, -0.05) is 29.3 Å². The van der Waals surface area contributed by atoms with Gasteiger partial charge in [0, 0.05) is 61.0 Å². The maximum Gasteiger partial charge on any atom is 0.223 e. The highest BCUT2D eigenvalue weighted by atomic mass is 35.5. The SMILES string of the molecule is O=C(CCc1ncc(-c2ccc(Cl)cc2Cl)o1)N1CCN(CCc2cccs2)CC1. The first-order valence-electron chi connectivity index (χ1n) is 10.0. The van der Waals surface area contributed by atoms with Crippen LogP contribution in [0.4, 0.5) is 0 Å². The van der Waals surface area contributed by atoms with Gasteiger partial charge in [-0.3, -0.25) is 9.69 Å². The average Bonchev–Trinajstić information content (AvgIpc) is 3.43. The molecule has 1 aliphatic heterocycles. The Balaban J connectivity index is 1.23. The fourth-order valence-electron chi connectivity index (χ4n) is 3.56. The predicted molar refractivity (Wildman–Crippen MR) is 121 cm³/mol. The molecule has 1 saturated heterocycles. The molecule has 3 heterocycles. The van der Waals surface area contributed by atoms with Crippen molar-refractivity contribution in [2.24, 2.45) is 0 Å². The van der Waals surface area contributed by atoms with Gasteiger partial charge in [0.05, 0.1) is 11.2 Å². The van der Waals surface area contributed by atoms with Crippen LogP contribution in [0, 0.1) is 0 Å². The summed E-state index contributed by atoms with van der Waals surface area (Å²) < 4.78 is 5.80. The van der Waals surface area contributed by atoms with Gasteiger partial charge in [-0.05, 0) is 36.1 Å². The van der Waals surface area contributed by atoms with Crippen LogP contribution in [0.15, 0.2) is 46.3 Å². The highest BCUT2D eigenvalue weighted by Crippen LogP contribution is 2.30. The molecular formula is C22H23Cl2N3O2S. The van der Waals surface area contributed by atoms with Gasteiger partial charge in [0.2, 0.25) is 5.91 Å². The number of hydrogen-bond acceptors (Lipinski definition) is 5. The van der Waals surface area contributed by atoms with E-state index >= 15 is 0 Å². The summed E-state index contributed by atoms with van der Waals surface area (Å²) in [6.07, 6.45) is 3.59. The van der Waals surface area contributed by atoms with E-state index in [1.54, 1.807) is 35.7 Å². The van der Waals surface area contributed by atoms with Crippen LogP contribution in [0.25, 0.3) is 11.3 Å². The van der Waals surface area contributed by atoms with Gasteiger partial charge in [0.15, 0.2) is 11.7 Å². The van der Waals surface area contributed by atoms with Gasteiger partial charge in [-0.2, -0.15) is 0 Å². The fraction of sp³-hybridized carbons (Fsp3) is 0.364. The molecule has 0 unspecified atom stereocenters. The minimum absolute atomic E-state index is 0.150. The second kappa shape index (κ2) is 9.96. The number of carbonyl (C=O) groups excluding carboxylic acids is 1. The Hall–Kier alpha value is -1.86. The third-order valence-electron chi connectivity index (χ3n) is 5.28. The van der Waals surface area contributed by atoms with Crippen LogP contribution in [-0.4, -0.2) is 53.4 Å². The van der Waals surface area contributed by atoms with Crippen molar-refractivity contribution < 1.29 is 9.21 Å². The largest absolute Gasteiger partial charge is 0.441 e. The number of rotatable bonds is 7. The Labute approximate surface area is 190 Å². The molecule has 2 aromatic heterocycles. The number of thiophene rings is 1. The van der Waals surface area contributed by atoms with E-state index in [2.05, 4.69) is 27.4 Å². The smallest absolute Gasteiger partial charge is 0.223 e. The number of piperazine rings is 1. The summed E-state index contributed by atoms with van der Waals surface area (Å²) in [6.45, 7) is 4.46. The number of benzene rings is 1.